The van der Waals surface area contributed by atoms with E-state index >= 15 is 0 Å². The largest absolute Gasteiger partial charge is 0.330 e. The Balaban J connectivity index is 2.50. The highest BCUT2D eigenvalue weighted by Gasteiger charge is 2.03. The van der Waals surface area contributed by atoms with Crippen LogP contribution < -0.4 is 11.1 Å². The first kappa shape index (κ1) is 12.8. The van der Waals surface area contributed by atoms with Gasteiger partial charge in [0.1, 0.15) is 0 Å². The Morgan fingerprint density at radius 2 is 2.13 bits per heavy atom. The molecule has 1 rings (SSSR count). The van der Waals surface area contributed by atoms with Crippen molar-refractivity contribution in [3.05, 3.63) is 33.8 Å². The molecule has 0 aliphatic carbocycles. The second-order valence-electron chi connectivity index (χ2n) is 3.60. The van der Waals surface area contributed by atoms with Gasteiger partial charge in [-0.3, -0.25) is 0 Å². The molecule has 1 unspecified atom stereocenters. The lowest BCUT2D eigenvalue weighted by Crippen LogP contribution is -2.27. The summed E-state index contributed by atoms with van der Waals surface area (Å²) in [5, 5.41) is 4.72. The van der Waals surface area contributed by atoms with E-state index in [4.69, 9.17) is 28.9 Å². The van der Waals surface area contributed by atoms with Crippen molar-refractivity contribution in [2.75, 3.05) is 6.54 Å². The third-order valence-corrected chi connectivity index (χ3v) is 2.84. The van der Waals surface area contributed by atoms with Gasteiger partial charge in [0.25, 0.3) is 0 Å². The van der Waals surface area contributed by atoms with E-state index in [1.807, 2.05) is 12.1 Å². The average Bonchev–Trinajstić information content (AvgIpc) is 2.17. The standard InChI is InChI=1S/C11H16Cl2N2/c1-8(4-5-14)15-7-9-2-3-10(12)6-11(9)13/h2-3,6,8,15H,4-5,7,14H2,1H3. The molecule has 1 aromatic carbocycles. The second kappa shape index (κ2) is 6.33. The zero-order chi connectivity index (χ0) is 11.3. The van der Waals surface area contributed by atoms with Crippen LogP contribution in [0.2, 0.25) is 10.0 Å². The Labute approximate surface area is 101 Å². The van der Waals surface area contributed by atoms with E-state index in [-0.39, 0.29) is 0 Å². The Bertz CT molecular complexity index is 315. The van der Waals surface area contributed by atoms with Crippen molar-refractivity contribution in [3.8, 4) is 0 Å². The molecule has 3 N–H and O–H groups in total. The monoisotopic (exact) mass is 246 g/mol. The van der Waals surface area contributed by atoms with Gasteiger partial charge in [-0.15, -0.1) is 0 Å². The molecule has 1 atom stereocenters. The Morgan fingerprint density at radius 1 is 1.40 bits per heavy atom. The van der Waals surface area contributed by atoms with Crippen LogP contribution in [0.3, 0.4) is 0 Å². The molecule has 84 valence electrons. The van der Waals surface area contributed by atoms with Crippen LogP contribution in [0.15, 0.2) is 18.2 Å². The van der Waals surface area contributed by atoms with Gasteiger partial charge >= 0.3 is 0 Å². The summed E-state index contributed by atoms with van der Waals surface area (Å²) in [7, 11) is 0. The maximum atomic E-state index is 6.04. The molecular formula is C11H16Cl2N2. The fraction of sp³-hybridized carbons (Fsp3) is 0.455. The number of benzene rings is 1. The predicted molar refractivity (Wildman–Crippen MR) is 66.4 cm³/mol. The van der Waals surface area contributed by atoms with E-state index in [0.717, 1.165) is 18.5 Å². The molecule has 0 saturated heterocycles. The zero-order valence-corrected chi connectivity index (χ0v) is 10.3. The molecule has 0 aliphatic heterocycles. The van der Waals surface area contributed by atoms with Gasteiger partial charge in [0.05, 0.1) is 0 Å². The summed E-state index contributed by atoms with van der Waals surface area (Å²) in [6.45, 7) is 3.55. The number of rotatable bonds is 5. The molecule has 0 fully saturated rings. The quantitative estimate of drug-likeness (QED) is 0.839. The van der Waals surface area contributed by atoms with E-state index in [2.05, 4.69) is 12.2 Å². The first-order valence-corrected chi connectivity index (χ1v) is 5.76. The van der Waals surface area contributed by atoms with Crippen molar-refractivity contribution in [2.45, 2.75) is 25.9 Å². The maximum Gasteiger partial charge on any atom is 0.0465 e. The van der Waals surface area contributed by atoms with Crippen LogP contribution in [-0.2, 0) is 6.54 Å². The van der Waals surface area contributed by atoms with Crippen LogP contribution in [-0.4, -0.2) is 12.6 Å². The van der Waals surface area contributed by atoms with E-state index in [0.29, 0.717) is 22.6 Å². The van der Waals surface area contributed by atoms with Crippen molar-refractivity contribution in [1.82, 2.24) is 5.32 Å². The molecule has 0 aliphatic rings. The highest BCUT2D eigenvalue weighted by Crippen LogP contribution is 2.20. The van der Waals surface area contributed by atoms with Gasteiger partial charge in [0.15, 0.2) is 0 Å². The Hall–Kier alpha value is -0.280. The van der Waals surface area contributed by atoms with Crippen molar-refractivity contribution in [1.29, 1.82) is 0 Å². The van der Waals surface area contributed by atoms with Gasteiger partial charge < -0.3 is 11.1 Å². The highest BCUT2D eigenvalue weighted by atomic mass is 35.5. The smallest absolute Gasteiger partial charge is 0.0465 e. The zero-order valence-electron chi connectivity index (χ0n) is 8.76. The summed E-state index contributed by atoms with van der Waals surface area (Å²) < 4.78 is 0. The Kier molecular flexibility index (Phi) is 5.40. The molecule has 0 bridgehead atoms. The third-order valence-electron chi connectivity index (χ3n) is 2.26. The predicted octanol–water partition coefficient (Wildman–Crippen LogP) is 2.82. The number of halogens is 2. The summed E-state index contributed by atoms with van der Waals surface area (Å²) in [5.74, 6) is 0. The van der Waals surface area contributed by atoms with Crippen LogP contribution in [0, 0.1) is 0 Å². The summed E-state index contributed by atoms with van der Waals surface area (Å²) in [5.41, 5.74) is 6.52. The molecule has 0 amide bonds. The molecule has 0 radical (unpaired) electrons. The molecule has 4 heteroatoms. The summed E-state index contributed by atoms with van der Waals surface area (Å²) in [4.78, 5) is 0. The minimum absolute atomic E-state index is 0.404. The van der Waals surface area contributed by atoms with E-state index in [1.54, 1.807) is 6.07 Å². The minimum atomic E-state index is 0.404. The number of nitrogens with two attached hydrogens (primary N) is 1. The lowest BCUT2D eigenvalue weighted by atomic mass is 10.2. The first-order chi connectivity index (χ1) is 7.13. The van der Waals surface area contributed by atoms with Crippen LogP contribution in [0.4, 0.5) is 0 Å². The number of hydrogen-bond donors (Lipinski definition) is 2. The Morgan fingerprint density at radius 3 is 2.73 bits per heavy atom. The topological polar surface area (TPSA) is 38.0 Å². The van der Waals surface area contributed by atoms with Crippen LogP contribution >= 0.6 is 23.2 Å². The minimum Gasteiger partial charge on any atom is -0.330 e. The van der Waals surface area contributed by atoms with Gasteiger partial charge in [-0.05, 0) is 37.6 Å². The normalized spacial score (nSPS) is 12.8. The summed E-state index contributed by atoms with van der Waals surface area (Å²) >= 11 is 11.8. The average molecular weight is 247 g/mol. The van der Waals surface area contributed by atoms with Gasteiger partial charge in [-0.25, -0.2) is 0 Å². The number of nitrogens with one attached hydrogen (secondary N) is 1. The summed E-state index contributed by atoms with van der Waals surface area (Å²) in [6.07, 6.45) is 0.964. The van der Waals surface area contributed by atoms with E-state index < -0.39 is 0 Å². The fourth-order valence-corrected chi connectivity index (χ4v) is 1.78. The molecule has 0 saturated carbocycles. The third kappa shape index (κ3) is 4.39. The maximum absolute atomic E-state index is 6.04. The van der Waals surface area contributed by atoms with Crippen molar-refractivity contribution in [3.63, 3.8) is 0 Å². The van der Waals surface area contributed by atoms with Gasteiger partial charge in [0.2, 0.25) is 0 Å². The molecular weight excluding hydrogens is 231 g/mol. The van der Waals surface area contributed by atoms with Crippen molar-refractivity contribution in [2.24, 2.45) is 5.73 Å². The lowest BCUT2D eigenvalue weighted by Gasteiger charge is -2.13. The molecule has 2 nitrogen and oxygen atoms in total. The summed E-state index contributed by atoms with van der Waals surface area (Å²) in [6, 6.07) is 5.94. The molecule has 15 heavy (non-hydrogen) atoms. The van der Waals surface area contributed by atoms with Crippen LogP contribution in [0.5, 0.6) is 0 Å². The second-order valence-corrected chi connectivity index (χ2v) is 4.44. The SMILES string of the molecule is CC(CCN)NCc1ccc(Cl)cc1Cl. The molecule has 0 aromatic heterocycles. The van der Waals surface area contributed by atoms with Gasteiger partial charge in [-0.1, -0.05) is 29.3 Å². The first-order valence-electron chi connectivity index (χ1n) is 5.01. The van der Waals surface area contributed by atoms with Crippen LogP contribution in [0.25, 0.3) is 0 Å². The molecule has 0 heterocycles. The van der Waals surface area contributed by atoms with Crippen molar-refractivity contribution < 1.29 is 0 Å². The number of hydrogen-bond acceptors (Lipinski definition) is 2. The lowest BCUT2D eigenvalue weighted by molar-refractivity contribution is 0.520. The van der Waals surface area contributed by atoms with E-state index in [9.17, 15) is 0 Å². The van der Waals surface area contributed by atoms with E-state index in [1.165, 1.54) is 0 Å². The molecule has 1 aromatic rings. The van der Waals surface area contributed by atoms with Gasteiger partial charge in [-0.2, -0.15) is 0 Å². The fourth-order valence-electron chi connectivity index (χ4n) is 1.30. The van der Waals surface area contributed by atoms with Gasteiger partial charge in [0, 0.05) is 22.6 Å². The highest BCUT2D eigenvalue weighted by molar-refractivity contribution is 6.35. The van der Waals surface area contributed by atoms with Crippen LogP contribution in [0.1, 0.15) is 18.9 Å². The van der Waals surface area contributed by atoms with Crippen molar-refractivity contribution >= 4 is 23.2 Å². The molecule has 0 spiro atoms.